The number of ketones is 1. The molecule has 1 atom stereocenters. The zero-order valence-corrected chi connectivity index (χ0v) is 22.6. The Morgan fingerprint density at radius 1 is 0.973 bits per heavy atom. The van der Waals surface area contributed by atoms with Crippen molar-refractivity contribution in [3.63, 3.8) is 0 Å². The van der Waals surface area contributed by atoms with Crippen LogP contribution in [-0.2, 0) is 9.59 Å². The van der Waals surface area contributed by atoms with Crippen molar-refractivity contribution < 1.29 is 24.2 Å². The van der Waals surface area contributed by atoms with E-state index in [0.29, 0.717) is 17.0 Å². The number of carbonyl (C=O) groups is 2. The van der Waals surface area contributed by atoms with Gasteiger partial charge < -0.3 is 14.6 Å². The fourth-order valence-corrected chi connectivity index (χ4v) is 5.22. The van der Waals surface area contributed by atoms with Crippen LogP contribution in [0.25, 0.3) is 5.76 Å². The highest BCUT2D eigenvalue weighted by atomic mass is 35.5. The molecule has 0 aliphatic carbocycles. The summed E-state index contributed by atoms with van der Waals surface area (Å²) in [7, 11) is 1.42. The number of aryl methyl sites for hydroxylation is 2. The first-order chi connectivity index (χ1) is 17.5. The first-order valence-corrected chi connectivity index (χ1v) is 12.5. The third-order valence-electron chi connectivity index (χ3n) is 5.95. The first kappa shape index (κ1) is 26.6. The summed E-state index contributed by atoms with van der Waals surface area (Å²) < 4.78 is 11.1. The summed E-state index contributed by atoms with van der Waals surface area (Å²) in [6.45, 7) is 7.65. The van der Waals surface area contributed by atoms with Gasteiger partial charge in [0, 0.05) is 11.3 Å². The quantitative estimate of drug-likeness (QED) is 0.206. The molecule has 1 saturated heterocycles. The maximum Gasteiger partial charge on any atom is 0.300 e. The minimum atomic E-state index is -0.920. The molecule has 0 aromatic heterocycles. The van der Waals surface area contributed by atoms with Crippen molar-refractivity contribution in [2.24, 2.45) is 0 Å². The standard InChI is InChI=1S/C29H27Cl2NO5/c1-15(2)37-21-8-6-7-18(12-21)25-24(26(33)19-13-22(30)28(36-5)23(31)14-19)27(34)29(35)32(25)20-10-16(3)9-17(4)11-20/h6-15,25,33H,1-5H3/b26-24+. The zero-order chi connectivity index (χ0) is 27.0. The Bertz CT molecular complexity index is 1390. The normalized spacial score (nSPS) is 17.0. The van der Waals surface area contributed by atoms with Crippen LogP contribution >= 0.6 is 23.2 Å². The average molecular weight is 540 g/mol. The van der Waals surface area contributed by atoms with Crippen LogP contribution in [0.1, 0.15) is 42.1 Å². The van der Waals surface area contributed by atoms with Crippen LogP contribution < -0.4 is 14.4 Å². The number of Topliss-reactive ketones (excluding diaryl/α,β-unsaturated/α-hetero) is 1. The smallest absolute Gasteiger partial charge is 0.300 e. The molecular weight excluding hydrogens is 513 g/mol. The zero-order valence-electron chi connectivity index (χ0n) is 21.1. The SMILES string of the molecule is COc1c(Cl)cc(/C(O)=C2\C(=O)C(=O)N(c3cc(C)cc(C)c3)C2c2cccc(OC(C)C)c2)cc1Cl. The van der Waals surface area contributed by atoms with E-state index >= 15 is 0 Å². The number of halogens is 2. The van der Waals surface area contributed by atoms with Gasteiger partial charge in [0.2, 0.25) is 0 Å². The Balaban J connectivity index is 1.98. The lowest BCUT2D eigenvalue weighted by atomic mass is 9.94. The lowest BCUT2D eigenvalue weighted by Gasteiger charge is -2.26. The summed E-state index contributed by atoms with van der Waals surface area (Å²) in [5, 5.41) is 11.7. The second-order valence-electron chi connectivity index (χ2n) is 9.23. The number of carbonyl (C=O) groups excluding carboxylic acids is 2. The van der Waals surface area contributed by atoms with Gasteiger partial charge in [-0.1, -0.05) is 41.4 Å². The molecule has 4 rings (SSSR count). The van der Waals surface area contributed by atoms with Crippen LogP contribution in [0.15, 0.2) is 60.2 Å². The molecule has 1 amide bonds. The summed E-state index contributed by atoms with van der Waals surface area (Å²) in [4.78, 5) is 28.4. The van der Waals surface area contributed by atoms with E-state index in [4.69, 9.17) is 32.7 Å². The number of aliphatic hydroxyl groups excluding tert-OH is 1. The molecule has 1 aliphatic heterocycles. The summed E-state index contributed by atoms with van der Waals surface area (Å²) in [5.41, 5.74) is 3.12. The molecular formula is C29H27Cl2NO5. The van der Waals surface area contributed by atoms with E-state index in [-0.39, 0.29) is 33.0 Å². The van der Waals surface area contributed by atoms with Gasteiger partial charge in [-0.2, -0.15) is 0 Å². The number of nitrogens with zero attached hydrogens (tertiary/aromatic N) is 1. The molecule has 8 heteroatoms. The van der Waals surface area contributed by atoms with Gasteiger partial charge in [0.15, 0.2) is 5.75 Å². The fourth-order valence-electron chi connectivity index (χ4n) is 4.58. The number of ether oxygens (including phenoxy) is 2. The number of hydrogen-bond acceptors (Lipinski definition) is 5. The largest absolute Gasteiger partial charge is 0.507 e. The van der Waals surface area contributed by atoms with E-state index in [1.807, 2.05) is 45.9 Å². The second kappa shape index (κ2) is 10.5. The topological polar surface area (TPSA) is 76.1 Å². The van der Waals surface area contributed by atoms with Gasteiger partial charge >= 0.3 is 0 Å². The van der Waals surface area contributed by atoms with Gasteiger partial charge in [0.1, 0.15) is 11.5 Å². The third-order valence-corrected chi connectivity index (χ3v) is 6.51. The highest BCUT2D eigenvalue weighted by Gasteiger charge is 2.47. The molecule has 1 unspecified atom stereocenters. The predicted molar refractivity (Wildman–Crippen MR) is 146 cm³/mol. The highest BCUT2D eigenvalue weighted by molar-refractivity contribution is 6.51. The number of aliphatic hydroxyl groups is 1. The average Bonchev–Trinajstić information content (AvgIpc) is 3.08. The lowest BCUT2D eigenvalue weighted by molar-refractivity contribution is -0.132. The van der Waals surface area contributed by atoms with E-state index in [0.717, 1.165) is 11.1 Å². The van der Waals surface area contributed by atoms with E-state index in [9.17, 15) is 14.7 Å². The monoisotopic (exact) mass is 539 g/mol. The molecule has 1 heterocycles. The molecule has 192 valence electrons. The van der Waals surface area contributed by atoms with Gasteiger partial charge in [0.25, 0.3) is 11.7 Å². The van der Waals surface area contributed by atoms with Crippen molar-refractivity contribution in [3.05, 3.63) is 92.5 Å². The molecule has 6 nitrogen and oxygen atoms in total. The van der Waals surface area contributed by atoms with Crippen LogP contribution in [0, 0.1) is 13.8 Å². The molecule has 1 fully saturated rings. The second-order valence-corrected chi connectivity index (χ2v) is 10.0. The fraction of sp³-hybridized carbons (Fsp3) is 0.241. The van der Waals surface area contributed by atoms with Gasteiger partial charge in [-0.3, -0.25) is 14.5 Å². The lowest BCUT2D eigenvalue weighted by Crippen LogP contribution is -2.29. The number of benzene rings is 3. The molecule has 0 bridgehead atoms. The molecule has 0 spiro atoms. The van der Waals surface area contributed by atoms with Crippen molar-refractivity contribution in [2.45, 2.75) is 39.8 Å². The van der Waals surface area contributed by atoms with Gasteiger partial charge in [-0.25, -0.2) is 0 Å². The Labute approximate surface area is 226 Å². The molecule has 3 aromatic carbocycles. The first-order valence-electron chi connectivity index (χ1n) is 11.7. The summed E-state index contributed by atoms with van der Waals surface area (Å²) in [6.07, 6.45) is -0.0791. The molecule has 1 aliphatic rings. The number of anilines is 1. The number of rotatable bonds is 6. The van der Waals surface area contributed by atoms with E-state index in [2.05, 4.69) is 0 Å². The van der Waals surface area contributed by atoms with Crippen LogP contribution in [0.3, 0.4) is 0 Å². The van der Waals surface area contributed by atoms with Crippen LogP contribution in [-0.4, -0.2) is 30.0 Å². The number of hydrogen-bond donors (Lipinski definition) is 1. The number of methoxy groups -OCH3 is 1. The van der Waals surface area contributed by atoms with Crippen molar-refractivity contribution in [2.75, 3.05) is 12.0 Å². The summed E-state index contributed by atoms with van der Waals surface area (Å²) >= 11 is 12.6. The maximum absolute atomic E-state index is 13.5. The molecule has 3 aromatic rings. The number of amides is 1. The van der Waals surface area contributed by atoms with Crippen LogP contribution in [0.2, 0.25) is 10.0 Å². The van der Waals surface area contributed by atoms with Gasteiger partial charge in [0.05, 0.1) is 34.9 Å². The maximum atomic E-state index is 13.5. The minimum Gasteiger partial charge on any atom is -0.507 e. The van der Waals surface area contributed by atoms with Gasteiger partial charge in [-0.15, -0.1) is 0 Å². The van der Waals surface area contributed by atoms with Crippen LogP contribution in [0.4, 0.5) is 5.69 Å². The van der Waals surface area contributed by atoms with E-state index in [1.54, 1.807) is 24.3 Å². The Kier molecular flexibility index (Phi) is 7.53. The Morgan fingerprint density at radius 2 is 1.59 bits per heavy atom. The molecule has 0 radical (unpaired) electrons. The van der Waals surface area contributed by atoms with E-state index < -0.39 is 23.5 Å². The van der Waals surface area contributed by atoms with Crippen molar-refractivity contribution in [3.8, 4) is 11.5 Å². The molecule has 37 heavy (non-hydrogen) atoms. The highest BCUT2D eigenvalue weighted by Crippen LogP contribution is 2.44. The molecule has 0 saturated carbocycles. The van der Waals surface area contributed by atoms with Gasteiger partial charge in [-0.05, 0) is 80.8 Å². The predicted octanol–water partition coefficient (Wildman–Crippen LogP) is 7.03. The van der Waals surface area contributed by atoms with Crippen molar-refractivity contribution in [1.29, 1.82) is 0 Å². The molecule has 1 N–H and O–H groups in total. The van der Waals surface area contributed by atoms with Crippen molar-refractivity contribution >= 4 is 46.3 Å². The minimum absolute atomic E-state index is 0.0791. The summed E-state index contributed by atoms with van der Waals surface area (Å²) in [5.74, 6) is -1.14. The third kappa shape index (κ3) is 5.17. The Morgan fingerprint density at radius 3 is 2.16 bits per heavy atom. The Hall–Kier alpha value is -3.48. The van der Waals surface area contributed by atoms with Crippen molar-refractivity contribution in [1.82, 2.24) is 0 Å². The van der Waals surface area contributed by atoms with E-state index in [1.165, 1.54) is 24.1 Å². The summed E-state index contributed by atoms with van der Waals surface area (Å²) in [6, 6.07) is 14.8. The van der Waals surface area contributed by atoms with Crippen LogP contribution in [0.5, 0.6) is 11.5 Å².